The van der Waals surface area contributed by atoms with Crippen LogP contribution in [0.4, 0.5) is 5.95 Å². The normalized spacial score (nSPS) is 20.4. The van der Waals surface area contributed by atoms with Crippen LogP contribution < -0.4 is 11.3 Å². The van der Waals surface area contributed by atoms with E-state index in [-0.39, 0.29) is 30.1 Å². The van der Waals surface area contributed by atoms with E-state index in [9.17, 15) is 14.4 Å². The molecule has 3 N–H and O–H groups in total. The highest BCUT2D eigenvalue weighted by molar-refractivity contribution is 5.77. The SMILES string of the molecule is CC(=O)OC[C@H]1O[C@@H](n2c(/C=C\c3ccccc3)nc3c(=O)[nH]c(N)nc32)C[C@@H]1OC(C)=O. The first-order valence-corrected chi connectivity index (χ1v) is 10.3. The van der Waals surface area contributed by atoms with Gasteiger partial charge in [0.1, 0.15) is 30.9 Å². The van der Waals surface area contributed by atoms with Gasteiger partial charge in [0, 0.05) is 20.3 Å². The predicted octanol–water partition coefficient (Wildman–Crippen LogP) is 1.65. The van der Waals surface area contributed by atoms with E-state index >= 15 is 0 Å². The van der Waals surface area contributed by atoms with Crippen LogP contribution in [0, 0.1) is 0 Å². The number of rotatable bonds is 6. The molecule has 0 unspecified atom stereocenters. The molecule has 2 aromatic heterocycles. The molecule has 1 fully saturated rings. The van der Waals surface area contributed by atoms with Crippen LogP contribution in [0.15, 0.2) is 35.1 Å². The highest BCUT2D eigenvalue weighted by Crippen LogP contribution is 2.34. The largest absolute Gasteiger partial charge is 0.463 e. The number of esters is 2. The maximum atomic E-state index is 12.5. The number of nitrogens with one attached hydrogen (secondary N) is 1. The Balaban J connectivity index is 1.76. The molecule has 4 rings (SSSR count). The number of fused-ring (bicyclic) bond motifs is 1. The minimum absolute atomic E-state index is 0.0711. The maximum absolute atomic E-state index is 12.5. The van der Waals surface area contributed by atoms with E-state index in [2.05, 4.69) is 15.0 Å². The Morgan fingerprint density at radius 1 is 1.21 bits per heavy atom. The molecule has 3 aromatic rings. The Kier molecular flexibility index (Phi) is 6.22. The van der Waals surface area contributed by atoms with Gasteiger partial charge < -0.3 is 19.9 Å². The zero-order valence-electron chi connectivity index (χ0n) is 18.1. The fourth-order valence-corrected chi connectivity index (χ4v) is 3.70. The minimum Gasteiger partial charge on any atom is -0.463 e. The van der Waals surface area contributed by atoms with Gasteiger partial charge in [0.05, 0.1) is 0 Å². The van der Waals surface area contributed by atoms with Crippen molar-refractivity contribution in [3.63, 3.8) is 0 Å². The van der Waals surface area contributed by atoms with Gasteiger partial charge in [-0.25, -0.2) is 4.98 Å². The highest BCUT2D eigenvalue weighted by Gasteiger charge is 2.40. The van der Waals surface area contributed by atoms with E-state index < -0.39 is 35.9 Å². The fraction of sp³-hybridized carbons (Fsp3) is 0.318. The molecular weight excluding hydrogens is 430 g/mol. The standard InChI is InChI=1S/C22H23N5O6/c1-12(28)31-11-16-15(32-13(2)29)10-18(33-16)27-17(9-8-14-6-4-3-5-7-14)24-19-20(27)25-22(23)26-21(19)30/h3-9,15-16,18H,10-11H2,1-2H3,(H3,23,25,26,30)/b9-8-/t15-,16+,18+/m0/s1. The summed E-state index contributed by atoms with van der Waals surface area (Å²) in [7, 11) is 0. The Labute approximate surface area is 188 Å². The quantitative estimate of drug-likeness (QED) is 0.531. The number of anilines is 1. The summed E-state index contributed by atoms with van der Waals surface area (Å²) >= 11 is 0. The second-order valence-corrected chi connectivity index (χ2v) is 7.52. The Morgan fingerprint density at radius 2 is 1.97 bits per heavy atom. The van der Waals surface area contributed by atoms with Crippen molar-refractivity contribution in [3.8, 4) is 0 Å². The Morgan fingerprint density at radius 3 is 2.67 bits per heavy atom. The number of carbonyl (C=O) groups is 2. The van der Waals surface area contributed by atoms with Crippen molar-refractivity contribution >= 4 is 41.2 Å². The summed E-state index contributed by atoms with van der Waals surface area (Å²) in [6, 6.07) is 9.55. The Bertz CT molecular complexity index is 1270. The molecule has 0 amide bonds. The van der Waals surface area contributed by atoms with Gasteiger partial charge in [0.2, 0.25) is 5.95 Å². The summed E-state index contributed by atoms with van der Waals surface area (Å²) in [6.45, 7) is 2.47. The number of carbonyl (C=O) groups excluding carboxylic acids is 2. The minimum atomic E-state index is -0.705. The van der Waals surface area contributed by atoms with E-state index in [1.807, 2.05) is 36.4 Å². The maximum Gasteiger partial charge on any atom is 0.303 e. The van der Waals surface area contributed by atoms with E-state index in [1.165, 1.54) is 13.8 Å². The summed E-state index contributed by atoms with van der Waals surface area (Å²) in [5, 5.41) is 0. The highest BCUT2D eigenvalue weighted by atomic mass is 16.6. The van der Waals surface area contributed by atoms with E-state index in [0.717, 1.165) is 5.56 Å². The first-order chi connectivity index (χ1) is 15.8. The van der Waals surface area contributed by atoms with Crippen LogP contribution in [0.3, 0.4) is 0 Å². The molecular formula is C22H23N5O6. The van der Waals surface area contributed by atoms with Gasteiger partial charge in [0.25, 0.3) is 5.56 Å². The lowest BCUT2D eigenvalue weighted by molar-refractivity contribution is -0.155. The van der Waals surface area contributed by atoms with E-state index in [0.29, 0.717) is 5.82 Å². The van der Waals surface area contributed by atoms with Crippen LogP contribution in [-0.4, -0.2) is 50.3 Å². The number of hydrogen-bond acceptors (Lipinski definition) is 9. The van der Waals surface area contributed by atoms with Gasteiger partial charge in [-0.2, -0.15) is 4.98 Å². The number of nitrogen functional groups attached to an aromatic ring is 1. The number of imidazole rings is 1. The van der Waals surface area contributed by atoms with Crippen molar-refractivity contribution < 1.29 is 23.8 Å². The van der Waals surface area contributed by atoms with Crippen molar-refractivity contribution in [2.75, 3.05) is 12.3 Å². The summed E-state index contributed by atoms with van der Waals surface area (Å²) in [5.74, 6) is -0.643. The number of ether oxygens (including phenoxy) is 3. The molecule has 0 spiro atoms. The predicted molar refractivity (Wildman–Crippen MR) is 119 cm³/mol. The number of aromatic nitrogens is 4. The van der Waals surface area contributed by atoms with Crippen molar-refractivity contribution in [1.82, 2.24) is 19.5 Å². The van der Waals surface area contributed by atoms with Crippen LogP contribution in [-0.2, 0) is 23.8 Å². The number of hydrogen-bond donors (Lipinski definition) is 2. The molecule has 11 nitrogen and oxygen atoms in total. The molecule has 3 heterocycles. The van der Waals surface area contributed by atoms with Gasteiger partial charge in [-0.15, -0.1) is 0 Å². The summed E-state index contributed by atoms with van der Waals surface area (Å²) in [6.07, 6.45) is 1.72. The molecule has 11 heteroatoms. The molecule has 1 saturated heterocycles. The fourth-order valence-electron chi connectivity index (χ4n) is 3.70. The van der Waals surface area contributed by atoms with Gasteiger partial charge in [-0.3, -0.25) is 23.9 Å². The zero-order valence-corrected chi connectivity index (χ0v) is 18.1. The lowest BCUT2D eigenvalue weighted by Gasteiger charge is -2.18. The zero-order chi connectivity index (χ0) is 23.5. The molecule has 172 valence electrons. The third-order valence-corrected chi connectivity index (χ3v) is 5.06. The number of nitrogens with two attached hydrogens (primary N) is 1. The van der Waals surface area contributed by atoms with Crippen LogP contribution in [0.2, 0.25) is 0 Å². The van der Waals surface area contributed by atoms with Crippen molar-refractivity contribution in [2.24, 2.45) is 0 Å². The topological polar surface area (TPSA) is 151 Å². The van der Waals surface area contributed by atoms with E-state index in [1.54, 1.807) is 10.6 Å². The summed E-state index contributed by atoms with van der Waals surface area (Å²) in [4.78, 5) is 46.5. The summed E-state index contributed by atoms with van der Waals surface area (Å²) < 4.78 is 18.2. The molecule has 1 aliphatic rings. The van der Waals surface area contributed by atoms with Crippen molar-refractivity contribution in [1.29, 1.82) is 0 Å². The van der Waals surface area contributed by atoms with Gasteiger partial charge in [0.15, 0.2) is 11.2 Å². The van der Waals surface area contributed by atoms with Crippen LogP contribution in [0.1, 0.15) is 37.9 Å². The van der Waals surface area contributed by atoms with Gasteiger partial charge in [-0.1, -0.05) is 36.4 Å². The lowest BCUT2D eigenvalue weighted by atomic mass is 10.2. The summed E-state index contributed by atoms with van der Waals surface area (Å²) in [5.41, 5.74) is 6.53. The molecule has 1 aliphatic heterocycles. The molecule has 0 aliphatic carbocycles. The number of nitrogens with zero attached hydrogens (tertiary/aromatic N) is 3. The third kappa shape index (κ3) is 4.93. The van der Waals surface area contributed by atoms with Crippen LogP contribution >= 0.6 is 0 Å². The molecule has 0 radical (unpaired) electrons. The molecule has 0 bridgehead atoms. The monoisotopic (exact) mass is 453 g/mol. The Hall–Kier alpha value is -3.99. The van der Waals surface area contributed by atoms with Gasteiger partial charge >= 0.3 is 11.9 Å². The second kappa shape index (κ2) is 9.25. The van der Waals surface area contributed by atoms with Crippen molar-refractivity contribution in [2.45, 2.75) is 38.7 Å². The van der Waals surface area contributed by atoms with Crippen LogP contribution in [0.25, 0.3) is 23.3 Å². The van der Waals surface area contributed by atoms with Crippen LogP contribution in [0.5, 0.6) is 0 Å². The number of H-pyrrole nitrogens is 1. The van der Waals surface area contributed by atoms with Crippen molar-refractivity contribution in [3.05, 3.63) is 52.1 Å². The first-order valence-electron chi connectivity index (χ1n) is 10.3. The lowest BCUT2D eigenvalue weighted by Crippen LogP contribution is -2.31. The third-order valence-electron chi connectivity index (χ3n) is 5.06. The number of benzene rings is 1. The average molecular weight is 453 g/mol. The number of aromatic amines is 1. The van der Waals surface area contributed by atoms with E-state index in [4.69, 9.17) is 19.9 Å². The van der Waals surface area contributed by atoms with Gasteiger partial charge in [-0.05, 0) is 11.6 Å². The first kappa shape index (κ1) is 22.2. The second-order valence-electron chi connectivity index (χ2n) is 7.52. The molecule has 0 saturated carbocycles. The molecule has 1 aromatic carbocycles. The molecule has 3 atom stereocenters. The average Bonchev–Trinajstić information content (AvgIpc) is 3.31. The molecule has 33 heavy (non-hydrogen) atoms. The smallest absolute Gasteiger partial charge is 0.303 e.